The van der Waals surface area contributed by atoms with Crippen molar-refractivity contribution in [3.63, 3.8) is 0 Å². The van der Waals surface area contributed by atoms with Crippen molar-refractivity contribution >= 4 is 22.7 Å². The molecule has 0 unspecified atom stereocenters. The molecular weight excluding hydrogens is 246 g/mol. The minimum absolute atomic E-state index is 0.237. The zero-order valence-electron chi connectivity index (χ0n) is 9.42. The smallest absolute Gasteiger partial charge is 0.129 e. The molecule has 0 bridgehead atoms. The number of benzene rings is 2. The standard InChI is InChI=1S/C14H11NO2S/c16-9-5-6-11-10(7-9)14(8-15-11)18-13-4-2-1-3-12(13)17/h1-8,15-17H. The second-order valence-electron chi connectivity index (χ2n) is 3.95. The fraction of sp³-hybridized carbons (Fsp3) is 0. The van der Waals surface area contributed by atoms with Crippen molar-refractivity contribution < 1.29 is 10.2 Å². The van der Waals surface area contributed by atoms with Crippen LogP contribution in [0.5, 0.6) is 11.5 Å². The molecule has 3 nitrogen and oxygen atoms in total. The number of fused-ring (bicyclic) bond motifs is 1. The molecule has 2 aromatic carbocycles. The molecule has 0 saturated heterocycles. The summed E-state index contributed by atoms with van der Waals surface area (Å²) in [5.41, 5.74) is 0.964. The first-order valence-electron chi connectivity index (χ1n) is 5.50. The molecule has 4 heteroatoms. The van der Waals surface area contributed by atoms with Gasteiger partial charge in [-0.15, -0.1) is 0 Å². The van der Waals surface area contributed by atoms with Crippen LogP contribution in [0, 0.1) is 0 Å². The Balaban J connectivity index is 2.05. The van der Waals surface area contributed by atoms with Crippen molar-refractivity contribution in [3.8, 4) is 11.5 Å². The highest BCUT2D eigenvalue weighted by Crippen LogP contribution is 2.38. The van der Waals surface area contributed by atoms with Crippen LogP contribution in [0.25, 0.3) is 10.9 Å². The van der Waals surface area contributed by atoms with E-state index in [0.717, 1.165) is 20.7 Å². The summed E-state index contributed by atoms with van der Waals surface area (Å²) < 4.78 is 0. The number of aromatic amines is 1. The van der Waals surface area contributed by atoms with Crippen molar-refractivity contribution in [2.45, 2.75) is 9.79 Å². The second kappa shape index (κ2) is 4.31. The topological polar surface area (TPSA) is 56.2 Å². The van der Waals surface area contributed by atoms with Crippen LogP contribution in [0.4, 0.5) is 0 Å². The quantitative estimate of drug-likeness (QED) is 0.655. The van der Waals surface area contributed by atoms with Gasteiger partial charge in [-0.25, -0.2) is 0 Å². The number of rotatable bonds is 2. The average Bonchev–Trinajstić information content (AvgIpc) is 2.75. The van der Waals surface area contributed by atoms with Crippen LogP contribution < -0.4 is 0 Å². The molecule has 0 saturated carbocycles. The number of H-pyrrole nitrogens is 1. The molecule has 0 aliphatic carbocycles. The summed E-state index contributed by atoms with van der Waals surface area (Å²) in [6.07, 6.45) is 1.88. The highest BCUT2D eigenvalue weighted by atomic mass is 32.2. The van der Waals surface area contributed by atoms with Crippen molar-refractivity contribution in [2.24, 2.45) is 0 Å². The summed E-state index contributed by atoms with van der Waals surface area (Å²) in [7, 11) is 0. The van der Waals surface area contributed by atoms with Crippen LogP contribution in [0.3, 0.4) is 0 Å². The van der Waals surface area contributed by atoms with E-state index in [4.69, 9.17) is 0 Å². The van der Waals surface area contributed by atoms with Gasteiger partial charge >= 0.3 is 0 Å². The number of hydrogen-bond donors (Lipinski definition) is 3. The van der Waals surface area contributed by atoms with Gasteiger partial charge in [-0.05, 0) is 30.3 Å². The van der Waals surface area contributed by atoms with E-state index in [1.54, 1.807) is 24.3 Å². The molecule has 3 N–H and O–H groups in total. The van der Waals surface area contributed by atoms with Crippen molar-refractivity contribution in [2.75, 3.05) is 0 Å². The summed E-state index contributed by atoms with van der Waals surface area (Å²) in [5.74, 6) is 0.498. The lowest BCUT2D eigenvalue weighted by Gasteiger charge is -2.02. The molecule has 0 aliphatic heterocycles. The second-order valence-corrected chi connectivity index (χ2v) is 5.04. The van der Waals surface area contributed by atoms with Gasteiger partial charge in [0, 0.05) is 22.0 Å². The average molecular weight is 257 g/mol. The number of nitrogens with one attached hydrogen (secondary N) is 1. The van der Waals surface area contributed by atoms with E-state index in [1.165, 1.54) is 11.8 Å². The SMILES string of the molecule is Oc1ccc2[nH]cc(Sc3ccccc3O)c2c1. The van der Waals surface area contributed by atoms with Crippen LogP contribution in [0.15, 0.2) is 58.5 Å². The van der Waals surface area contributed by atoms with Crippen LogP contribution in [-0.4, -0.2) is 15.2 Å². The maximum absolute atomic E-state index is 9.76. The minimum Gasteiger partial charge on any atom is -0.508 e. The van der Waals surface area contributed by atoms with E-state index >= 15 is 0 Å². The molecule has 0 aliphatic rings. The van der Waals surface area contributed by atoms with Gasteiger partial charge in [0.15, 0.2) is 0 Å². The van der Waals surface area contributed by atoms with E-state index < -0.39 is 0 Å². The predicted octanol–water partition coefficient (Wildman–Crippen LogP) is 3.73. The van der Waals surface area contributed by atoms with Crippen LogP contribution >= 0.6 is 11.8 Å². The Morgan fingerprint density at radius 1 is 0.944 bits per heavy atom. The monoisotopic (exact) mass is 257 g/mol. The molecule has 0 spiro atoms. The summed E-state index contributed by atoms with van der Waals surface area (Å²) in [4.78, 5) is 4.91. The van der Waals surface area contributed by atoms with Gasteiger partial charge in [-0.1, -0.05) is 23.9 Å². The zero-order valence-corrected chi connectivity index (χ0v) is 10.2. The maximum Gasteiger partial charge on any atom is 0.129 e. The lowest BCUT2D eigenvalue weighted by Crippen LogP contribution is -1.73. The Bertz CT molecular complexity index is 706. The van der Waals surface area contributed by atoms with E-state index in [-0.39, 0.29) is 11.5 Å². The van der Waals surface area contributed by atoms with Crippen molar-refractivity contribution in [3.05, 3.63) is 48.7 Å². The Hall–Kier alpha value is -2.07. The lowest BCUT2D eigenvalue weighted by molar-refractivity contribution is 0.462. The van der Waals surface area contributed by atoms with Gasteiger partial charge in [0.2, 0.25) is 0 Å². The Morgan fingerprint density at radius 2 is 1.78 bits per heavy atom. The van der Waals surface area contributed by atoms with Crippen LogP contribution in [-0.2, 0) is 0 Å². The van der Waals surface area contributed by atoms with Crippen LogP contribution in [0.1, 0.15) is 0 Å². The molecule has 3 rings (SSSR count). The molecule has 1 aromatic heterocycles. The zero-order chi connectivity index (χ0) is 12.5. The van der Waals surface area contributed by atoms with Crippen LogP contribution in [0.2, 0.25) is 0 Å². The number of aromatic hydroxyl groups is 2. The number of para-hydroxylation sites is 1. The predicted molar refractivity (Wildman–Crippen MR) is 72.2 cm³/mol. The molecule has 0 amide bonds. The third-order valence-electron chi connectivity index (χ3n) is 2.71. The van der Waals surface area contributed by atoms with E-state index in [9.17, 15) is 10.2 Å². The normalized spacial score (nSPS) is 10.9. The maximum atomic E-state index is 9.76. The first kappa shape index (κ1) is 11.0. The van der Waals surface area contributed by atoms with Gasteiger partial charge in [0.25, 0.3) is 0 Å². The highest BCUT2D eigenvalue weighted by Gasteiger charge is 2.08. The molecule has 0 fully saturated rings. The highest BCUT2D eigenvalue weighted by molar-refractivity contribution is 7.99. The molecular formula is C14H11NO2S. The van der Waals surface area contributed by atoms with Gasteiger partial charge in [0.1, 0.15) is 11.5 Å². The lowest BCUT2D eigenvalue weighted by atomic mass is 10.2. The number of hydrogen-bond acceptors (Lipinski definition) is 3. The Morgan fingerprint density at radius 3 is 2.61 bits per heavy atom. The van der Waals surface area contributed by atoms with E-state index in [0.29, 0.717) is 0 Å². The number of phenols is 2. The first-order chi connectivity index (χ1) is 8.74. The van der Waals surface area contributed by atoms with Gasteiger partial charge in [-0.3, -0.25) is 0 Å². The summed E-state index contributed by atoms with van der Waals surface area (Å²) in [6.45, 7) is 0. The summed E-state index contributed by atoms with van der Waals surface area (Å²) in [5, 5.41) is 20.2. The van der Waals surface area contributed by atoms with E-state index in [2.05, 4.69) is 4.98 Å². The van der Waals surface area contributed by atoms with Gasteiger partial charge in [0.05, 0.1) is 4.90 Å². The fourth-order valence-corrected chi connectivity index (χ4v) is 2.78. The molecule has 1 heterocycles. The fourth-order valence-electron chi connectivity index (χ4n) is 1.83. The largest absolute Gasteiger partial charge is 0.508 e. The third kappa shape index (κ3) is 1.91. The number of aromatic nitrogens is 1. The Kier molecular flexibility index (Phi) is 2.64. The first-order valence-corrected chi connectivity index (χ1v) is 6.31. The van der Waals surface area contributed by atoms with Crippen molar-refractivity contribution in [1.82, 2.24) is 4.98 Å². The minimum atomic E-state index is 0.237. The molecule has 90 valence electrons. The van der Waals surface area contributed by atoms with Gasteiger partial charge < -0.3 is 15.2 Å². The summed E-state index contributed by atoms with van der Waals surface area (Å²) >= 11 is 1.47. The number of phenolic OH excluding ortho intramolecular Hbond substituents is 2. The van der Waals surface area contributed by atoms with E-state index in [1.807, 2.05) is 24.4 Å². The summed E-state index contributed by atoms with van der Waals surface area (Å²) in [6, 6.07) is 12.4. The molecule has 18 heavy (non-hydrogen) atoms. The molecule has 0 radical (unpaired) electrons. The van der Waals surface area contributed by atoms with Gasteiger partial charge in [-0.2, -0.15) is 0 Å². The molecule has 0 atom stereocenters. The Labute approximate surface area is 108 Å². The third-order valence-corrected chi connectivity index (χ3v) is 3.84. The molecule has 3 aromatic rings. The van der Waals surface area contributed by atoms with Crippen molar-refractivity contribution in [1.29, 1.82) is 0 Å².